The zero-order valence-corrected chi connectivity index (χ0v) is 24.0. The maximum absolute atomic E-state index is 12.9. The predicted octanol–water partition coefficient (Wildman–Crippen LogP) is 7.10. The van der Waals surface area contributed by atoms with Crippen LogP contribution in [0.3, 0.4) is 0 Å². The van der Waals surface area contributed by atoms with Crippen LogP contribution in [0.1, 0.15) is 28.4 Å². The SMILES string of the molecule is CCOC(=O)c1ccc(N=C2SC(=Cc3cc(Br)c(OCc4ccccc4Cl)c(OC)c3)C(=O)N2C)cc1. The Labute approximate surface area is 238 Å². The molecule has 1 aliphatic heterocycles. The molecule has 0 bridgehead atoms. The van der Waals surface area contributed by atoms with Crippen LogP contribution >= 0.6 is 39.3 Å². The lowest BCUT2D eigenvalue weighted by Gasteiger charge is -2.14. The van der Waals surface area contributed by atoms with Crippen molar-refractivity contribution in [1.82, 2.24) is 4.90 Å². The molecule has 1 amide bonds. The second kappa shape index (κ2) is 12.5. The van der Waals surface area contributed by atoms with Gasteiger partial charge in [-0.15, -0.1) is 0 Å². The molecule has 0 aromatic heterocycles. The number of nitrogens with zero attached hydrogens (tertiary/aromatic N) is 2. The molecular formula is C28H24BrClN2O5S. The summed E-state index contributed by atoms with van der Waals surface area (Å²) in [5.74, 6) is 0.482. The van der Waals surface area contributed by atoms with Crippen molar-refractivity contribution >= 4 is 68.1 Å². The number of esters is 1. The molecule has 0 saturated carbocycles. The number of halogens is 2. The van der Waals surface area contributed by atoms with Gasteiger partial charge in [0.2, 0.25) is 0 Å². The number of thioether (sulfide) groups is 1. The topological polar surface area (TPSA) is 77.4 Å². The fourth-order valence-corrected chi connectivity index (χ4v) is 5.28. The summed E-state index contributed by atoms with van der Waals surface area (Å²) in [6, 6.07) is 17.8. The van der Waals surface area contributed by atoms with Gasteiger partial charge >= 0.3 is 5.97 Å². The highest BCUT2D eigenvalue weighted by molar-refractivity contribution is 9.10. The molecule has 7 nitrogen and oxygen atoms in total. The van der Waals surface area contributed by atoms with Crippen molar-refractivity contribution in [3.05, 3.63) is 91.8 Å². The summed E-state index contributed by atoms with van der Waals surface area (Å²) in [4.78, 5) is 31.4. The average molecular weight is 616 g/mol. The second-order valence-electron chi connectivity index (χ2n) is 8.05. The number of carbonyl (C=O) groups excluding carboxylic acids is 2. The maximum atomic E-state index is 12.9. The summed E-state index contributed by atoms with van der Waals surface area (Å²) in [6.45, 7) is 2.34. The summed E-state index contributed by atoms with van der Waals surface area (Å²) in [5, 5.41) is 1.15. The Bertz CT molecular complexity index is 1430. The molecule has 1 heterocycles. The van der Waals surface area contributed by atoms with E-state index in [4.69, 9.17) is 25.8 Å². The number of aliphatic imine (C=N–C) groups is 1. The van der Waals surface area contributed by atoms with Crippen molar-refractivity contribution in [3.8, 4) is 11.5 Å². The Morgan fingerprint density at radius 1 is 1.16 bits per heavy atom. The maximum Gasteiger partial charge on any atom is 0.338 e. The van der Waals surface area contributed by atoms with Crippen molar-refractivity contribution < 1.29 is 23.8 Å². The normalized spacial score (nSPS) is 15.3. The van der Waals surface area contributed by atoms with Crippen LogP contribution in [0.2, 0.25) is 5.02 Å². The number of methoxy groups -OCH3 is 1. The quantitative estimate of drug-likeness (QED) is 0.199. The lowest BCUT2D eigenvalue weighted by molar-refractivity contribution is -0.121. The number of amides is 1. The highest BCUT2D eigenvalue weighted by Gasteiger charge is 2.30. The first kappa shape index (κ1) is 27.8. The highest BCUT2D eigenvalue weighted by atomic mass is 79.9. The van der Waals surface area contributed by atoms with Crippen molar-refractivity contribution in [2.75, 3.05) is 20.8 Å². The first-order chi connectivity index (χ1) is 18.3. The van der Waals surface area contributed by atoms with Crippen LogP contribution in [-0.4, -0.2) is 42.7 Å². The van der Waals surface area contributed by atoms with Crippen LogP contribution in [0.5, 0.6) is 11.5 Å². The molecule has 196 valence electrons. The lowest BCUT2D eigenvalue weighted by Crippen LogP contribution is -2.23. The van der Waals surface area contributed by atoms with Gasteiger partial charge in [0.1, 0.15) is 6.61 Å². The van der Waals surface area contributed by atoms with Crippen LogP contribution in [0.4, 0.5) is 5.69 Å². The lowest BCUT2D eigenvalue weighted by atomic mass is 10.1. The largest absolute Gasteiger partial charge is 0.493 e. The smallest absolute Gasteiger partial charge is 0.338 e. The van der Waals surface area contributed by atoms with Gasteiger partial charge in [-0.3, -0.25) is 9.69 Å². The van der Waals surface area contributed by atoms with Gasteiger partial charge < -0.3 is 14.2 Å². The molecular weight excluding hydrogens is 592 g/mol. The number of likely N-dealkylation sites (N-methyl/N-ethyl adjacent to an activating group) is 1. The van der Waals surface area contributed by atoms with Crippen LogP contribution < -0.4 is 9.47 Å². The van der Waals surface area contributed by atoms with Gasteiger partial charge in [0, 0.05) is 17.6 Å². The number of ether oxygens (including phenoxy) is 3. The van der Waals surface area contributed by atoms with E-state index in [-0.39, 0.29) is 18.5 Å². The van der Waals surface area contributed by atoms with E-state index >= 15 is 0 Å². The van der Waals surface area contributed by atoms with E-state index in [2.05, 4.69) is 20.9 Å². The first-order valence-corrected chi connectivity index (χ1v) is 13.6. The van der Waals surface area contributed by atoms with Crippen LogP contribution in [0.15, 0.2) is 75.0 Å². The van der Waals surface area contributed by atoms with Crippen molar-refractivity contribution in [1.29, 1.82) is 0 Å². The number of rotatable bonds is 8. The van der Waals surface area contributed by atoms with Crippen LogP contribution in [0.25, 0.3) is 6.08 Å². The number of hydrogen-bond acceptors (Lipinski definition) is 7. The van der Waals surface area contributed by atoms with Gasteiger partial charge in [-0.25, -0.2) is 9.79 Å². The van der Waals surface area contributed by atoms with Gasteiger partial charge in [-0.1, -0.05) is 29.8 Å². The van der Waals surface area contributed by atoms with Gasteiger partial charge in [0.15, 0.2) is 16.7 Å². The third kappa shape index (κ3) is 6.40. The molecule has 1 saturated heterocycles. The molecule has 0 N–H and O–H groups in total. The molecule has 0 radical (unpaired) electrons. The van der Waals surface area contributed by atoms with Crippen LogP contribution in [-0.2, 0) is 16.1 Å². The fraction of sp³-hybridized carbons (Fsp3) is 0.179. The molecule has 0 spiro atoms. The van der Waals surface area contributed by atoms with E-state index in [1.165, 1.54) is 16.7 Å². The molecule has 38 heavy (non-hydrogen) atoms. The van der Waals surface area contributed by atoms with E-state index < -0.39 is 0 Å². The average Bonchev–Trinajstić information content (AvgIpc) is 3.16. The number of amidine groups is 1. The minimum absolute atomic E-state index is 0.175. The Kier molecular flexibility index (Phi) is 9.14. The summed E-state index contributed by atoms with van der Waals surface area (Å²) in [7, 11) is 3.23. The van der Waals surface area contributed by atoms with Crippen molar-refractivity contribution in [3.63, 3.8) is 0 Å². The third-order valence-corrected chi connectivity index (χ3v) is 7.50. The summed E-state index contributed by atoms with van der Waals surface area (Å²) in [5.41, 5.74) is 2.67. The third-order valence-electron chi connectivity index (χ3n) is 5.49. The van der Waals surface area contributed by atoms with Crippen molar-refractivity contribution in [2.24, 2.45) is 4.99 Å². The Hall–Kier alpha value is -3.27. The standard InChI is InChI=1S/C28H24BrClN2O5S/c1-4-36-27(34)18-9-11-20(12-10-18)31-28-32(2)26(33)24(38-28)15-17-13-21(29)25(23(14-17)35-3)37-16-19-7-5-6-8-22(19)30/h5-15H,4,16H2,1-3H3. The molecule has 3 aromatic carbocycles. The van der Waals surface area contributed by atoms with E-state index in [1.807, 2.05) is 30.3 Å². The molecule has 1 fully saturated rings. The van der Waals surface area contributed by atoms with Gasteiger partial charge in [-0.2, -0.15) is 0 Å². The summed E-state index contributed by atoms with van der Waals surface area (Å²) in [6.07, 6.45) is 1.78. The van der Waals surface area contributed by atoms with E-state index in [1.54, 1.807) is 57.5 Å². The number of benzene rings is 3. The molecule has 4 rings (SSSR count). The fourth-order valence-electron chi connectivity index (χ4n) is 3.53. The van der Waals surface area contributed by atoms with Gasteiger partial charge in [0.25, 0.3) is 5.91 Å². The molecule has 1 aliphatic rings. The molecule has 10 heteroatoms. The minimum atomic E-state index is -0.388. The highest BCUT2D eigenvalue weighted by Crippen LogP contribution is 2.40. The molecule has 3 aromatic rings. The Morgan fingerprint density at radius 2 is 1.89 bits per heavy atom. The first-order valence-electron chi connectivity index (χ1n) is 11.6. The van der Waals surface area contributed by atoms with Gasteiger partial charge in [-0.05, 0) is 88.7 Å². The summed E-state index contributed by atoms with van der Waals surface area (Å²) >= 11 is 11.1. The van der Waals surface area contributed by atoms with Gasteiger partial charge in [0.05, 0.1) is 34.3 Å². The summed E-state index contributed by atoms with van der Waals surface area (Å²) < 4.78 is 17.3. The number of carbonyl (C=O) groups is 2. The second-order valence-corrected chi connectivity index (χ2v) is 10.3. The van der Waals surface area contributed by atoms with E-state index in [0.717, 1.165) is 11.1 Å². The molecule has 0 aliphatic carbocycles. The predicted molar refractivity (Wildman–Crippen MR) is 154 cm³/mol. The minimum Gasteiger partial charge on any atom is -0.493 e. The number of hydrogen-bond donors (Lipinski definition) is 0. The zero-order valence-electron chi connectivity index (χ0n) is 20.9. The van der Waals surface area contributed by atoms with E-state index in [0.29, 0.717) is 48.9 Å². The van der Waals surface area contributed by atoms with Crippen LogP contribution in [0, 0.1) is 0 Å². The molecule has 0 unspecified atom stereocenters. The monoisotopic (exact) mass is 614 g/mol. The Morgan fingerprint density at radius 3 is 2.58 bits per heavy atom. The van der Waals surface area contributed by atoms with E-state index in [9.17, 15) is 9.59 Å². The Balaban J connectivity index is 1.53. The zero-order chi connectivity index (χ0) is 27.2. The van der Waals surface area contributed by atoms with Crippen molar-refractivity contribution in [2.45, 2.75) is 13.5 Å². The molecule has 0 atom stereocenters.